The van der Waals surface area contributed by atoms with Gasteiger partial charge in [-0.1, -0.05) is 127 Å². The maximum atomic E-state index is 2.42. The summed E-state index contributed by atoms with van der Waals surface area (Å²) in [5, 5.41) is 7.58. The quantitative estimate of drug-likeness (QED) is 0.166. The molecule has 0 N–H and O–H groups in total. The summed E-state index contributed by atoms with van der Waals surface area (Å²) in [4.78, 5) is 2.42. The van der Waals surface area contributed by atoms with Crippen LogP contribution in [0.25, 0.3) is 80.7 Å². The van der Waals surface area contributed by atoms with E-state index in [0.717, 1.165) is 11.4 Å². The molecule has 0 aliphatic heterocycles. The van der Waals surface area contributed by atoms with E-state index in [-0.39, 0.29) is 0 Å². The van der Waals surface area contributed by atoms with E-state index in [2.05, 4.69) is 216 Å². The van der Waals surface area contributed by atoms with Crippen molar-refractivity contribution in [2.45, 2.75) is 0 Å². The first kappa shape index (κ1) is 31.6. The summed E-state index contributed by atoms with van der Waals surface area (Å²) in [5.74, 6) is 0. The molecule has 55 heavy (non-hydrogen) atoms. The van der Waals surface area contributed by atoms with Crippen molar-refractivity contribution in [3.8, 4) is 27.9 Å². The fourth-order valence-corrected chi connectivity index (χ4v) is 9.47. The second kappa shape index (κ2) is 12.9. The molecule has 0 atom stereocenters. The molecule has 0 bridgehead atoms. The molecule has 11 aromatic rings. The van der Waals surface area contributed by atoms with E-state index in [1.165, 1.54) is 86.4 Å². The topological polar surface area (TPSA) is 8.17 Å². The maximum Gasteiger partial charge on any atom is 0.0554 e. The van der Waals surface area contributed by atoms with Crippen molar-refractivity contribution in [1.82, 2.24) is 4.57 Å². The number of benzene rings is 9. The number of thiophene rings is 1. The lowest BCUT2D eigenvalue weighted by Gasteiger charge is -2.27. The molecular formula is C52H34N2S. The predicted molar refractivity (Wildman–Crippen MR) is 237 cm³/mol. The van der Waals surface area contributed by atoms with E-state index in [4.69, 9.17) is 0 Å². The zero-order valence-corrected chi connectivity index (χ0v) is 30.7. The van der Waals surface area contributed by atoms with Gasteiger partial charge >= 0.3 is 0 Å². The maximum absolute atomic E-state index is 2.42. The number of hydrogen-bond donors (Lipinski definition) is 0. The summed E-state index contributed by atoms with van der Waals surface area (Å²) in [6.07, 6.45) is 0. The molecule has 0 fully saturated rings. The van der Waals surface area contributed by atoms with E-state index < -0.39 is 0 Å². The van der Waals surface area contributed by atoms with E-state index in [1.54, 1.807) is 0 Å². The average Bonchev–Trinajstić information content (AvgIpc) is 3.79. The summed E-state index contributed by atoms with van der Waals surface area (Å²) in [7, 11) is 0. The second-order valence-electron chi connectivity index (χ2n) is 14.2. The molecule has 0 amide bonds. The molecule has 0 aliphatic rings. The summed E-state index contributed by atoms with van der Waals surface area (Å²) in [6, 6.07) is 75.2. The van der Waals surface area contributed by atoms with Crippen LogP contribution in [0.5, 0.6) is 0 Å². The van der Waals surface area contributed by atoms with Crippen molar-refractivity contribution in [1.29, 1.82) is 0 Å². The smallest absolute Gasteiger partial charge is 0.0554 e. The molecule has 258 valence electrons. The van der Waals surface area contributed by atoms with Gasteiger partial charge in [0.2, 0.25) is 0 Å². The first-order valence-electron chi connectivity index (χ1n) is 18.8. The van der Waals surface area contributed by atoms with Gasteiger partial charge in [0.15, 0.2) is 0 Å². The monoisotopic (exact) mass is 718 g/mol. The van der Waals surface area contributed by atoms with E-state index in [0.29, 0.717) is 0 Å². The van der Waals surface area contributed by atoms with Crippen molar-refractivity contribution < 1.29 is 0 Å². The van der Waals surface area contributed by atoms with E-state index in [9.17, 15) is 0 Å². The molecule has 0 saturated carbocycles. The summed E-state index contributed by atoms with van der Waals surface area (Å²) in [5.41, 5.74) is 11.8. The number of anilines is 3. The number of nitrogens with zero attached hydrogens (tertiary/aromatic N) is 2. The Balaban J connectivity index is 1.05. The van der Waals surface area contributed by atoms with Crippen LogP contribution in [0, 0.1) is 0 Å². The third-order valence-electron chi connectivity index (χ3n) is 11.0. The van der Waals surface area contributed by atoms with Gasteiger partial charge in [-0.3, -0.25) is 0 Å². The van der Waals surface area contributed by atoms with Crippen LogP contribution in [-0.2, 0) is 0 Å². The lowest BCUT2D eigenvalue weighted by Crippen LogP contribution is -2.10. The van der Waals surface area contributed by atoms with Crippen molar-refractivity contribution in [3.05, 3.63) is 206 Å². The van der Waals surface area contributed by atoms with Crippen LogP contribution < -0.4 is 4.90 Å². The van der Waals surface area contributed by atoms with Crippen LogP contribution in [0.3, 0.4) is 0 Å². The number of fused-ring (bicyclic) bond motifs is 7. The van der Waals surface area contributed by atoms with Crippen LogP contribution in [0.2, 0.25) is 0 Å². The highest BCUT2D eigenvalue weighted by Crippen LogP contribution is 2.45. The molecule has 11 rings (SSSR count). The Morgan fingerprint density at radius 1 is 0.364 bits per heavy atom. The molecule has 0 unspecified atom stereocenters. The fourth-order valence-electron chi connectivity index (χ4n) is 8.35. The molecular weight excluding hydrogens is 685 g/mol. The molecule has 0 saturated heterocycles. The highest BCUT2D eigenvalue weighted by atomic mass is 32.1. The van der Waals surface area contributed by atoms with Gasteiger partial charge in [-0.25, -0.2) is 0 Å². The summed E-state index contributed by atoms with van der Waals surface area (Å²) in [6.45, 7) is 0. The van der Waals surface area contributed by atoms with E-state index >= 15 is 0 Å². The van der Waals surface area contributed by atoms with Crippen LogP contribution >= 0.6 is 11.3 Å². The number of hydrogen-bond acceptors (Lipinski definition) is 2. The molecule has 2 nitrogen and oxygen atoms in total. The Morgan fingerprint density at radius 3 is 1.67 bits per heavy atom. The largest absolute Gasteiger partial charge is 0.310 e. The van der Waals surface area contributed by atoms with Gasteiger partial charge in [0.1, 0.15) is 0 Å². The minimum absolute atomic E-state index is 1.12. The van der Waals surface area contributed by atoms with Crippen LogP contribution in [0.4, 0.5) is 17.1 Å². The number of para-hydroxylation sites is 1. The van der Waals surface area contributed by atoms with Crippen molar-refractivity contribution in [2.75, 3.05) is 4.90 Å². The zero-order valence-electron chi connectivity index (χ0n) is 29.9. The van der Waals surface area contributed by atoms with Gasteiger partial charge < -0.3 is 9.47 Å². The zero-order chi connectivity index (χ0) is 36.3. The summed E-state index contributed by atoms with van der Waals surface area (Å²) >= 11 is 1.86. The Hall–Kier alpha value is -6.94. The van der Waals surface area contributed by atoms with Crippen LogP contribution in [0.15, 0.2) is 206 Å². The van der Waals surface area contributed by atoms with Gasteiger partial charge in [0.25, 0.3) is 0 Å². The minimum atomic E-state index is 1.12. The second-order valence-corrected chi connectivity index (χ2v) is 15.2. The Morgan fingerprint density at radius 2 is 0.927 bits per heavy atom. The van der Waals surface area contributed by atoms with Crippen LogP contribution in [0.1, 0.15) is 0 Å². The Bertz CT molecular complexity index is 3180. The first-order valence-corrected chi connectivity index (χ1v) is 19.6. The van der Waals surface area contributed by atoms with Gasteiger partial charge in [0.05, 0.1) is 16.7 Å². The first-order chi connectivity index (χ1) is 27.3. The summed E-state index contributed by atoms with van der Waals surface area (Å²) < 4.78 is 4.99. The molecule has 0 aliphatic carbocycles. The Kier molecular flexibility index (Phi) is 7.39. The average molecular weight is 719 g/mol. The lowest BCUT2D eigenvalue weighted by molar-refractivity contribution is 1.18. The molecule has 9 aromatic carbocycles. The van der Waals surface area contributed by atoms with Gasteiger partial charge in [0, 0.05) is 48.0 Å². The highest BCUT2D eigenvalue weighted by molar-refractivity contribution is 7.26. The lowest BCUT2D eigenvalue weighted by atomic mass is 10.0. The molecule has 3 heteroatoms. The third kappa shape index (κ3) is 5.32. The molecule has 0 spiro atoms. The standard InChI is InChI=1S/C52H34N2S/c1-3-12-35(13-4-1)36-22-27-42(28-23-36)53(48-19-11-21-51-52(48)44-18-9-10-20-50(44)55-51)43-29-24-37(25-30-43)40-26-31-47-45(33-40)46-32-38-14-7-8-15-39(38)34-49(46)54(47)41-16-5-2-6-17-41/h1-34H. The van der Waals surface area contributed by atoms with Gasteiger partial charge in [-0.2, -0.15) is 0 Å². The Labute approximate surface area is 323 Å². The fraction of sp³-hybridized carbons (Fsp3) is 0. The third-order valence-corrected chi connectivity index (χ3v) is 12.1. The van der Waals surface area contributed by atoms with Crippen molar-refractivity contribution in [3.63, 3.8) is 0 Å². The van der Waals surface area contributed by atoms with E-state index in [1.807, 2.05) is 11.3 Å². The minimum Gasteiger partial charge on any atom is -0.310 e. The highest BCUT2D eigenvalue weighted by Gasteiger charge is 2.19. The van der Waals surface area contributed by atoms with Gasteiger partial charge in [-0.05, 0) is 112 Å². The van der Waals surface area contributed by atoms with Crippen LogP contribution in [-0.4, -0.2) is 4.57 Å². The molecule has 0 radical (unpaired) electrons. The van der Waals surface area contributed by atoms with Crippen molar-refractivity contribution in [2.24, 2.45) is 0 Å². The molecule has 2 heterocycles. The normalized spacial score (nSPS) is 11.6. The number of rotatable bonds is 6. The molecule has 2 aromatic heterocycles. The van der Waals surface area contributed by atoms with Crippen molar-refractivity contribution >= 4 is 81.1 Å². The predicted octanol–water partition coefficient (Wildman–Crippen LogP) is 15.1. The van der Waals surface area contributed by atoms with Gasteiger partial charge in [-0.15, -0.1) is 11.3 Å². The number of aromatic nitrogens is 1. The SMILES string of the molecule is c1ccc(-c2ccc(N(c3ccc(-c4ccc5c(c4)c4cc6ccccc6cc4n5-c4ccccc4)cc3)c3cccc4sc5ccccc5c34)cc2)cc1.